The van der Waals surface area contributed by atoms with E-state index in [-0.39, 0.29) is 5.91 Å². The zero-order valence-corrected chi connectivity index (χ0v) is 10.5. The Bertz CT molecular complexity index is 561. The van der Waals surface area contributed by atoms with Crippen molar-refractivity contribution < 1.29 is 4.79 Å². The van der Waals surface area contributed by atoms with Crippen molar-refractivity contribution in [2.75, 3.05) is 11.1 Å². The third-order valence-electron chi connectivity index (χ3n) is 2.34. The molecule has 5 heteroatoms. The van der Waals surface area contributed by atoms with Crippen molar-refractivity contribution >= 4 is 29.0 Å². The number of hydrogen-bond acceptors (Lipinski definition) is 3. The van der Waals surface area contributed by atoms with Gasteiger partial charge < -0.3 is 11.1 Å². The lowest BCUT2D eigenvalue weighted by Gasteiger charge is -2.06. The van der Waals surface area contributed by atoms with Gasteiger partial charge in [0.2, 0.25) is 0 Å². The molecule has 0 atom stereocenters. The van der Waals surface area contributed by atoms with Crippen LogP contribution in [0.1, 0.15) is 16.1 Å². The van der Waals surface area contributed by atoms with Gasteiger partial charge in [0.25, 0.3) is 5.91 Å². The van der Waals surface area contributed by atoms with E-state index in [2.05, 4.69) is 10.3 Å². The molecule has 4 nitrogen and oxygen atoms in total. The van der Waals surface area contributed by atoms with Crippen molar-refractivity contribution in [2.45, 2.75) is 6.92 Å². The van der Waals surface area contributed by atoms with E-state index in [0.717, 1.165) is 0 Å². The molecular weight excluding hydrogens is 250 g/mol. The fraction of sp³-hybridized carbons (Fsp3) is 0.0769. The normalized spacial score (nSPS) is 10.1. The molecule has 1 aromatic carbocycles. The van der Waals surface area contributed by atoms with E-state index in [1.807, 2.05) is 0 Å². The number of carbonyl (C=O) groups excluding carboxylic acids is 1. The number of benzene rings is 1. The quantitative estimate of drug-likeness (QED) is 0.873. The molecule has 0 unspecified atom stereocenters. The van der Waals surface area contributed by atoms with Gasteiger partial charge in [0.1, 0.15) is 5.82 Å². The van der Waals surface area contributed by atoms with Gasteiger partial charge in [-0.1, -0.05) is 11.6 Å². The number of nitrogens with two attached hydrogens (primary N) is 1. The number of amides is 1. The van der Waals surface area contributed by atoms with Gasteiger partial charge in [-0.2, -0.15) is 0 Å². The summed E-state index contributed by atoms with van der Waals surface area (Å²) in [4.78, 5) is 16.0. The third-order valence-corrected chi connectivity index (χ3v) is 2.59. The number of aromatic nitrogens is 1. The highest BCUT2D eigenvalue weighted by atomic mass is 35.5. The highest BCUT2D eigenvalue weighted by molar-refractivity contribution is 6.30. The maximum absolute atomic E-state index is 12.0. The van der Waals surface area contributed by atoms with Gasteiger partial charge in [0, 0.05) is 22.0 Å². The Balaban J connectivity index is 2.19. The summed E-state index contributed by atoms with van der Waals surface area (Å²) in [6.07, 6.45) is 0. The van der Waals surface area contributed by atoms with Crippen molar-refractivity contribution in [3.05, 3.63) is 52.7 Å². The van der Waals surface area contributed by atoms with Crippen LogP contribution in [0.4, 0.5) is 11.5 Å². The summed E-state index contributed by atoms with van der Waals surface area (Å²) in [5, 5.41) is 3.38. The number of hydrogen-bond donors (Lipinski definition) is 2. The minimum Gasteiger partial charge on any atom is -0.384 e. The fourth-order valence-electron chi connectivity index (χ4n) is 1.56. The molecule has 1 aromatic heterocycles. The Labute approximate surface area is 110 Å². The van der Waals surface area contributed by atoms with Crippen LogP contribution in [0, 0.1) is 6.92 Å². The zero-order valence-electron chi connectivity index (χ0n) is 9.77. The molecule has 0 bridgehead atoms. The van der Waals surface area contributed by atoms with Crippen molar-refractivity contribution in [1.82, 2.24) is 4.98 Å². The second-order valence-electron chi connectivity index (χ2n) is 3.88. The van der Waals surface area contributed by atoms with Crippen LogP contribution in [0.2, 0.25) is 5.02 Å². The average Bonchev–Trinajstić information content (AvgIpc) is 2.31. The van der Waals surface area contributed by atoms with Crippen LogP contribution in [0.5, 0.6) is 0 Å². The van der Waals surface area contributed by atoms with Crippen LogP contribution in [-0.2, 0) is 0 Å². The van der Waals surface area contributed by atoms with Gasteiger partial charge >= 0.3 is 0 Å². The molecular formula is C13H12ClN3O. The van der Waals surface area contributed by atoms with E-state index in [1.54, 1.807) is 37.3 Å². The summed E-state index contributed by atoms with van der Waals surface area (Å²) in [6.45, 7) is 1.79. The molecule has 1 heterocycles. The Morgan fingerprint density at radius 3 is 2.56 bits per heavy atom. The summed E-state index contributed by atoms with van der Waals surface area (Å²) in [7, 11) is 0. The van der Waals surface area contributed by atoms with E-state index in [1.165, 1.54) is 6.07 Å². The second kappa shape index (κ2) is 5.06. The van der Waals surface area contributed by atoms with E-state index in [9.17, 15) is 4.79 Å². The summed E-state index contributed by atoms with van der Waals surface area (Å²) in [6, 6.07) is 10.1. The number of anilines is 2. The fourth-order valence-corrected chi connectivity index (χ4v) is 1.69. The lowest BCUT2D eigenvalue weighted by atomic mass is 10.2. The van der Waals surface area contributed by atoms with E-state index < -0.39 is 0 Å². The van der Waals surface area contributed by atoms with Crippen LogP contribution in [0.3, 0.4) is 0 Å². The molecule has 0 aliphatic carbocycles. The van der Waals surface area contributed by atoms with Crippen LogP contribution >= 0.6 is 11.6 Å². The van der Waals surface area contributed by atoms with Crippen LogP contribution in [0.25, 0.3) is 0 Å². The zero-order chi connectivity index (χ0) is 13.1. The smallest absolute Gasteiger partial charge is 0.255 e. The molecule has 3 N–H and O–H groups in total. The Kier molecular flexibility index (Phi) is 3.48. The van der Waals surface area contributed by atoms with E-state index in [4.69, 9.17) is 17.3 Å². The number of aryl methyl sites for hydroxylation is 1. The lowest BCUT2D eigenvalue weighted by Crippen LogP contribution is -2.13. The van der Waals surface area contributed by atoms with Gasteiger partial charge in [0.15, 0.2) is 0 Å². The van der Waals surface area contributed by atoms with Crippen LogP contribution in [0.15, 0.2) is 36.4 Å². The van der Waals surface area contributed by atoms with E-state index >= 15 is 0 Å². The first-order chi connectivity index (χ1) is 8.54. The minimum absolute atomic E-state index is 0.227. The molecule has 2 rings (SSSR count). The Morgan fingerprint density at radius 1 is 1.28 bits per heavy atom. The summed E-state index contributed by atoms with van der Waals surface area (Å²) in [5.41, 5.74) is 7.47. The SMILES string of the molecule is Cc1cc(C(=O)Nc2ccc(Cl)cc2)cc(N)n1. The summed E-state index contributed by atoms with van der Waals surface area (Å²) < 4.78 is 0. The van der Waals surface area contributed by atoms with Crippen molar-refractivity contribution in [1.29, 1.82) is 0 Å². The van der Waals surface area contributed by atoms with Gasteiger partial charge in [-0.3, -0.25) is 4.79 Å². The standard InChI is InChI=1S/C13H12ClN3O/c1-8-6-9(7-12(15)16-8)13(18)17-11-4-2-10(14)3-5-11/h2-7H,1H3,(H2,15,16)(H,17,18). The van der Waals surface area contributed by atoms with Crippen LogP contribution in [-0.4, -0.2) is 10.9 Å². The summed E-state index contributed by atoms with van der Waals surface area (Å²) in [5.74, 6) is 0.103. The Morgan fingerprint density at radius 2 is 1.94 bits per heavy atom. The maximum atomic E-state index is 12.0. The number of rotatable bonds is 2. The number of nitrogen functional groups attached to an aromatic ring is 1. The van der Waals surface area contributed by atoms with Gasteiger partial charge in [-0.15, -0.1) is 0 Å². The predicted molar refractivity (Wildman–Crippen MR) is 72.8 cm³/mol. The number of pyridine rings is 1. The van der Waals surface area contributed by atoms with Gasteiger partial charge in [0.05, 0.1) is 0 Å². The Hall–Kier alpha value is -2.07. The highest BCUT2D eigenvalue weighted by Crippen LogP contribution is 2.15. The molecule has 1 amide bonds. The summed E-state index contributed by atoms with van der Waals surface area (Å²) >= 11 is 5.77. The number of carbonyl (C=O) groups is 1. The topological polar surface area (TPSA) is 68.0 Å². The first kappa shape index (κ1) is 12.4. The monoisotopic (exact) mass is 261 g/mol. The van der Waals surface area contributed by atoms with Crippen LogP contribution < -0.4 is 11.1 Å². The highest BCUT2D eigenvalue weighted by Gasteiger charge is 2.08. The number of nitrogens with one attached hydrogen (secondary N) is 1. The van der Waals surface area contributed by atoms with Crippen molar-refractivity contribution in [2.24, 2.45) is 0 Å². The molecule has 0 aliphatic heterocycles. The molecule has 18 heavy (non-hydrogen) atoms. The minimum atomic E-state index is -0.227. The molecule has 0 spiro atoms. The molecule has 0 fully saturated rings. The van der Waals surface area contributed by atoms with Gasteiger partial charge in [-0.05, 0) is 43.3 Å². The first-order valence-corrected chi connectivity index (χ1v) is 5.73. The molecule has 0 aliphatic rings. The second-order valence-corrected chi connectivity index (χ2v) is 4.32. The number of halogens is 1. The molecule has 0 radical (unpaired) electrons. The first-order valence-electron chi connectivity index (χ1n) is 5.36. The number of nitrogens with zero attached hydrogens (tertiary/aromatic N) is 1. The molecule has 92 valence electrons. The lowest BCUT2D eigenvalue weighted by molar-refractivity contribution is 0.102. The molecule has 0 saturated heterocycles. The maximum Gasteiger partial charge on any atom is 0.255 e. The van der Waals surface area contributed by atoms with Crippen molar-refractivity contribution in [3.63, 3.8) is 0 Å². The third kappa shape index (κ3) is 2.99. The van der Waals surface area contributed by atoms with Crippen molar-refractivity contribution in [3.8, 4) is 0 Å². The predicted octanol–water partition coefficient (Wildman–Crippen LogP) is 2.88. The van der Waals surface area contributed by atoms with Gasteiger partial charge in [-0.25, -0.2) is 4.98 Å². The van der Waals surface area contributed by atoms with E-state index in [0.29, 0.717) is 27.8 Å². The molecule has 2 aromatic rings. The molecule has 0 saturated carbocycles. The average molecular weight is 262 g/mol. The largest absolute Gasteiger partial charge is 0.384 e.